The summed E-state index contributed by atoms with van der Waals surface area (Å²) in [6, 6.07) is -3.27. The van der Waals surface area contributed by atoms with Crippen LogP contribution in [-0.4, -0.2) is 75.4 Å². The molecular weight excluding hydrogens is 407 g/mol. The highest BCUT2D eigenvalue weighted by Gasteiger charge is 2.20. The van der Waals surface area contributed by atoms with Crippen molar-refractivity contribution in [3.63, 3.8) is 0 Å². The van der Waals surface area contributed by atoms with Crippen LogP contribution in [0.1, 0.15) is 63.6 Å². The van der Waals surface area contributed by atoms with Gasteiger partial charge in [0.05, 0.1) is 9.82 Å². The summed E-state index contributed by atoms with van der Waals surface area (Å²) in [7, 11) is -6.58. The molecule has 1 aromatic rings. The van der Waals surface area contributed by atoms with Crippen LogP contribution in [0.2, 0.25) is 1.41 Å². The van der Waals surface area contributed by atoms with Crippen molar-refractivity contribution in [3.05, 3.63) is 23.9 Å². The van der Waals surface area contributed by atoms with Gasteiger partial charge in [-0.05, 0) is 43.4 Å². The Kier molecular flexibility index (Phi) is 2.84. The van der Waals surface area contributed by atoms with Gasteiger partial charge in [0.15, 0.2) is 1.41 Å². The number of rotatable bonds is 10. The third kappa shape index (κ3) is 7.85. The molecule has 0 radical (unpaired) electrons. The number of hydrogen-bond acceptors (Lipinski definition) is 5. The molecule has 1 N–H and O–H groups in total. The van der Waals surface area contributed by atoms with Crippen LogP contribution >= 0.6 is 0 Å². The lowest BCUT2D eigenvalue weighted by atomic mass is 10.2. The molecule has 0 bridgehead atoms. The lowest BCUT2D eigenvalue weighted by Crippen LogP contribution is -2.46. The highest BCUT2D eigenvalue weighted by molar-refractivity contribution is 7.89. The molecule has 7 nitrogen and oxygen atoms in total. The number of benzene rings is 1. The maximum atomic E-state index is 14.9. The van der Waals surface area contributed by atoms with Gasteiger partial charge in [-0.1, -0.05) is 13.7 Å². The lowest BCUT2D eigenvalue weighted by molar-refractivity contribution is -0.114. The van der Waals surface area contributed by atoms with Crippen LogP contribution in [0.4, 0.5) is 15.8 Å². The molecule has 0 unspecified atom stereocenters. The van der Waals surface area contributed by atoms with Gasteiger partial charge in [0.25, 0.3) is 0 Å². The zero-order chi connectivity index (χ0) is 42.1. The van der Waals surface area contributed by atoms with E-state index in [1.807, 2.05) is 0 Å². The summed E-state index contributed by atoms with van der Waals surface area (Å²) in [5, 5.41) is -0.364. The van der Waals surface area contributed by atoms with E-state index in [2.05, 4.69) is 0 Å². The van der Waals surface area contributed by atoms with Crippen molar-refractivity contribution in [1.82, 2.24) is 9.21 Å². The largest absolute Gasteiger partial charge is 0.369 e. The van der Waals surface area contributed by atoms with Gasteiger partial charge in [-0.3, -0.25) is 9.69 Å². The summed E-state index contributed by atoms with van der Waals surface area (Å²) in [6.45, 7) is -24.0. The Labute approximate surface area is 212 Å². The molecule has 0 spiro atoms. The molecule has 1 saturated heterocycles. The van der Waals surface area contributed by atoms with Crippen LogP contribution in [-0.2, 0) is 14.8 Å². The smallest absolute Gasteiger partial charge is 0.221 e. The Bertz CT molecular complexity index is 1640. The van der Waals surface area contributed by atoms with E-state index in [-0.39, 0.29) is 31.5 Å². The van der Waals surface area contributed by atoms with Gasteiger partial charge in [0.1, 0.15) is 5.82 Å². The van der Waals surface area contributed by atoms with E-state index in [9.17, 15) is 17.6 Å². The highest BCUT2D eigenvalue weighted by Crippen LogP contribution is 2.23. The number of piperazine rings is 1. The standard InChI is InChI=1S/C21H35FN4O3S/c1-17(2)16-30(28,29)24(4)7-5-6-8-25-9-11-26(12-10-25)21-14-19(22)13-20(15-21)23-18(3)27/h13-15,17H,5-12,16H2,1-4H3,(H,23,27)/i1D3,2D3,3D3,4D3,7D2,8D2,13D,14D,15D,16D2,17D/hD. The number of nitrogens with one attached hydrogen (secondary N) is 1. The molecule has 1 heterocycles. The summed E-state index contributed by atoms with van der Waals surface area (Å²) in [5.74, 6) is -8.04. The lowest BCUT2D eigenvalue weighted by Gasteiger charge is -2.36. The molecule has 170 valence electrons. The normalized spacial score (nSPS) is 30.5. The van der Waals surface area contributed by atoms with Gasteiger partial charge >= 0.3 is 0 Å². The van der Waals surface area contributed by atoms with Crippen molar-refractivity contribution >= 4 is 27.3 Å². The molecule has 1 aliphatic heterocycles. The molecule has 0 atom stereocenters. The second kappa shape index (κ2) is 11.1. The maximum Gasteiger partial charge on any atom is 0.221 e. The SMILES string of the molecule is [2H]c1c(F)c([2H])c(N([2H])C(=O)C([2H])([2H])[2H])c([2H])c1N1CCN(C([2H])([2H])CCC([2H])([2H])N(C([2H])([2H])[2H])S(=O)(=O)C([2H])([2H])C([2H])(C([2H])([2H])[2H])C([2H])([2H])[2H])CC1. The highest BCUT2D eigenvalue weighted by atomic mass is 32.2. The average Bonchev–Trinajstić information content (AvgIpc) is 2.95. The number of amides is 1. The summed E-state index contributed by atoms with van der Waals surface area (Å²) < 4.78 is 220. The summed E-state index contributed by atoms with van der Waals surface area (Å²) in [6.07, 6.45) is -2.43. The van der Waals surface area contributed by atoms with Crippen molar-refractivity contribution in [3.8, 4) is 0 Å². The molecular formula is C21H35FN4O3S. The van der Waals surface area contributed by atoms with Gasteiger partial charge in [-0.15, -0.1) is 0 Å². The Hall–Kier alpha value is -1.71. The third-order valence-electron chi connectivity index (χ3n) is 3.69. The predicted octanol–water partition coefficient (Wildman–Crippen LogP) is 2.60. The van der Waals surface area contributed by atoms with Gasteiger partial charge in [0, 0.05) is 83.9 Å². The van der Waals surface area contributed by atoms with E-state index < -0.39 is 121 Å². The van der Waals surface area contributed by atoms with Gasteiger partial charge < -0.3 is 10.2 Å². The molecule has 2 rings (SSSR count). The maximum absolute atomic E-state index is 14.9. The van der Waals surface area contributed by atoms with Crippen LogP contribution in [0.15, 0.2) is 18.1 Å². The van der Waals surface area contributed by atoms with E-state index in [1.54, 1.807) is 0 Å². The average molecular weight is 466 g/mol. The first-order valence-electron chi connectivity index (χ1n) is 19.9. The van der Waals surface area contributed by atoms with E-state index in [1.165, 1.54) is 0 Å². The van der Waals surface area contributed by atoms with Gasteiger partial charge in [-0.2, -0.15) is 0 Å². The Morgan fingerprint density at radius 2 is 2.13 bits per heavy atom. The number of carbonyl (C=O) groups is 1. The molecule has 1 aromatic carbocycles. The topological polar surface area (TPSA) is 73.0 Å². The zero-order valence-corrected chi connectivity index (χ0v) is 16.4. The summed E-state index contributed by atoms with van der Waals surface area (Å²) in [5.41, 5.74) is -6.49. The molecule has 0 aromatic heterocycles. The van der Waals surface area contributed by atoms with Crippen molar-refractivity contribution in [2.75, 3.05) is 62.1 Å². The number of carbonyl (C=O) groups excluding carboxylic acids is 1. The van der Waals surface area contributed by atoms with Gasteiger partial charge in [0.2, 0.25) is 15.9 Å². The first kappa shape index (κ1) is 7.71. The van der Waals surface area contributed by atoms with Crippen LogP contribution < -0.4 is 10.2 Å². The fraction of sp³-hybridized carbons (Fsp3) is 0.667. The van der Waals surface area contributed by atoms with Crippen LogP contribution in [0, 0.1) is 11.7 Å². The number of halogens is 1. The van der Waals surface area contributed by atoms with E-state index in [0.29, 0.717) is 0 Å². The Morgan fingerprint density at radius 1 is 1.37 bits per heavy atom. The van der Waals surface area contributed by atoms with Crippen LogP contribution in [0.25, 0.3) is 0 Å². The molecule has 0 aliphatic carbocycles. The zero-order valence-electron chi connectivity index (χ0n) is 38.5. The first-order valence-corrected chi connectivity index (χ1v) is 9.87. The quantitative estimate of drug-likeness (QED) is 0.575. The number of hydrogen-bond donors (Lipinski definition) is 1. The van der Waals surface area contributed by atoms with Gasteiger partial charge in [-0.25, -0.2) is 17.1 Å². The van der Waals surface area contributed by atoms with Crippen LogP contribution in [0.3, 0.4) is 0 Å². The Balaban J connectivity index is 2.44. The molecule has 1 fully saturated rings. The van der Waals surface area contributed by atoms with Crippen molar-refractivity contribution in [2.24, 2.45) is 5.89 Å². The minimum atomic E-state index is -6.58. The van der Waals surface area contributed by atoms with Crippen LogP contribution in [0.5, 0.6) is 0 Å². The third-order valence-corrected chi connectivity index (χ3v) is 4.76. The van der Waals surface area contributed by atoms with E-state index in [0.717, 1.165) is 9.80 Å². The molecule has 9 heteroatoms. The molecule has 30 heavy (non-hydrogen) atoms. The number of anilines is 2. The van der Waals surface area contributed by atoms with E-state index in [4.69, 9.17) is 31.6 Å². The second-order valence-electron chi connectivity index (χ2n) is 5.84. The monoisotopic (exact) mass is 465 g/mol. The summed E-state index contributed by atoms with van der Waals surface area (Å²) >= 11 is 0. The molecule has 0 saturated carbocycles. The molecule has 1 aliphatic rings. The Morgan fingerprint density at radius 3 is 2.80 bits per heavy atom. The minimum Gasteiger partial charge on any atom is -0.369 e. The second-order valence-corrected chi connectivity index (χ2v) is 7.36. The first-order chi connectivity index (χ1) is 23.2. The number of sulfonamides is 1. The fourth-order valence-electron chi connectivity index (χ4n) is 2.45. The predicted molar refractivity (Wildman–Crippen MR) is 120 cm³/mol. The minimum absolute atomic E-state index is 0.350. The van der Waals surface area contributed by atoms with Crippen molar-refractivity contribution in [2.45, 2.75) is 33.4 Å². The van der Waals surface area contributed by atoms with Crippen molar-refractivity contribution < 1.29 is 49.2 Å². The number of nitrogens with zero attached hydrogens (tertiary/aromatic N) is 3. The molecule has 1 amide bonds. The van der Waals surface area contributed by atoms with E-state index >= 15 is 0 Å². The van der Waals surface area contributed by atoms with Crippen molar-refractivity contribution in [1.29, 1.82) is 0 Å². The fourth-order valence-corrected chi connectivity index (χ4v) is 3.06. The summed E-state index contributed by atoms with van der Waals surface area (Å²) in [4.78, 5) is 14.3.